The minimum absolute atomic E-state index is 0.272. The van der Waals surface area contributed by atoms with Gasteiger partial charge in [-0.15, -0.1) is 0 Å². The highest BCUT2D eigenvalue weighted by Crippen LogP contribution is 2.32. The maximum absolute atomic E-state index is 13.7. The van der Waals surface area contributed by atoms with Crippen molar-refractivity contribution in [2.45, 2.75) is 27.7 Å². The lowest BCUT2D eigenvalue weighted by Gasteiger charge is -2.19. The highest BCUT2D eigenvalue weighted by molar-refractivity contribution is 6.33. The molecule has 1 aliphatic rings. The van der Waals surface area contributed by atoms with Gasteiger partial charge in [-0.25, -0.2) is 9.79 Å². The second-order valence-corrected chi connectivity index (χ2v) is 8.31. The van der Waals surface area contributed by atoms with Crippen molar-refractivity contribution >= 4 is 29.5 Å². The number of hydrogen-bond donors (Lipinski definition) is 0. The van der Waals surface area contributed by atoms with Crippen LogP contribution in [0, 0.1) is 6.92 Å². The van der Waals surface area contributed by atoms with E-state index in [9.17, 15) is 9.59 Å². The van der Waals surface area contributed by atoms with Crippen molar-refractivity contribution in [3.05, 3.63) is 94.7 Å². The topological polar surface area (TPSA) is 77.4 Å². The van der Waals surface area contributed by atoms with Gasteiger partial charge in [-0.2, -0.15) is 0 Å². The Balaban J connectivity index is 1.74. The zero-order chi connectivity index (χ0) is 26.4. The third kappa shape index (κ3) is 5.72. The third-order valence-electron chi connectivity index (χ3n) is 5.68. The monoisotopic (exact) mass is 498 g/mol. The summed E-state index contributed by atoms with van der Waals surface area (Å²) in [4.78, 5) is 32.0. The standard InChI is InChI=1S/C30H30N2O5/c1-5-35-26-17-10-21(19-27(26)36-6-2)18-25-29(33)32(28(31-25)22-11-8-20(4)9-12-22)24-15-13-23(14-16-24)30(34)37-7-3/h8-19H,5-7H2,1-4H3/b25-18+. The number of amidine groups is 1. The molecule has 3 aromatic rings. The Kier molecular flexibility index (Phi) is 8.03. The molecule has 7 nitrogen and oxygen atoms in total. The lowest BCUT2D eigenvalue weighted by molar-refractivity contribution is -0.113. The summed E-state index contributed by atoms with van der Waals surface area (Å²) < 4.78 is 16.5. The molecule has 190 valence electrons. The van der Waals surface area contributed by atoms with E-state index in [0.717, 1.165) is 16.7 Å². The molecule has 0 saturated heterocycles. The number of anilines is 1. The first-order valence-electron chi connectivity index (χ1n) is 12.3. The zero-order valence-corrected chi connectivity index (χ0v) is 21.5. The van der Waals surface area contributed by atoms with E-state index in [2.05, 4.69) is 0 Å². The molecule has 3 aromatic carbocycles. The first-order chi connectivity index (χ1) is 17.9. The van der Waals surface area contributed by atoms with Crippen LogP contribution in [0.3, 0.4) is 0 Å². The van der Waals surface area contributed by atoms with Gasteiger partial charge in [0.15, 0.2) is 11.5 Å². The lowest BCUT2D eigenvalue weighted by Crippen LogP contribution is -2.32. The van der Waals surface area contributed by atoms with Crippen LogP contribution in [0.1, 0.15) is 47.8 Å². The van der Waals surface area contributed by atoms with Crippen LogP contribution in [0.25, 0.3) is 6.08 Å². The van der Waals surface area contributed by atoms with Gasteiger partial charge in [-0.05, 0) is 75.7 Å². The molecule has 37 heavy (non-hydrogen) atoms. The molecule has 0 N–H and O–H groups in total. The summed E-state index contributed by atoms with van der Waals surface area (Å²) in [6.45, 7) is 8.89. The normalized spacial score (nSPS) is 14.1. The molecule has 0 bridgehead atoms. The van der Waals surface area contributed by atoms with Crippen molar-refractivity contribution < 1.29 is 23.8 Å². The Morgan fingerprint density at radius 1 is 0.865 bits per heavy atom. The van der Waals surface area contributed by atoms with Crippen molar-refractivity contribution in [3.8, 4) is 11.5 Å². The Bertz CT molecular complexity index is 1340. The molecule has 0 aromatic heterocycles. The molecule has 0 spiro atoms. The smallest absolute Gasteiger partial charge is 0.338 e. The van der Waals surface area contributed by atoms with E-state index in [1.165, 1.54) is 0 Å². The van der Waals surface area contributed by atoms with Crippen LogP contribution in [-0.2, 0) is 9.53 Å². The van der Waals surface area contributed by atoms with Gasteiger partial charge in [-0.1, -0.05) is 35.9 Å². The molecule has 0 saturated carbocycles. The fourth-order valence-corrected chi connectivity index (χ4v) is 3.93. The van der Waals surface area contributed by atoms with Crippen molar-refractivity contribution in [2.75, 3.05) is 24.7 Å². The number of benzene rings is 3. The first kappa shape index (κ1) is 25.7. The number of aryl methyl sites for hydroxylation is 1. The van der Waals surface area contributed by atoms with Gasteiger partial charge in [0.05, 0.1) is 31.1 Å². The predicted molar refractivity (Wildman–Crippen MR) is 144 cm³/mol. The predicted octanol–water partition coefficient (Wildman–Crippen LogP) is 5.80. The van der Waals surface area contributed by atoms with Gasteiger partial charge in [0.25, 0.3) is 5.91 Å². The van der Waals surface area contributed by atoms with E-state index in [4.69, 9.17) is 19.2 Å². The third-order valence-corrected chi connectivity index (χ3v) is 5.68. The van der Waals surface area contributed by atoms with Gasteiger partial charge < -0.3 is 14.2 Å². The van der Waals surface area contributed by atoms with Crippen molar-refractivity contribution in [3.63, 3.8) is 0 Å². The highest BCUT2D eigenvalue weighted by Gasteiger charge is 2.32. The summed E-state index contributed by atoms with van der Waals surface area (Å²) in [6, 6.07) is 20.1. The summed E-state index contributed by atoms with van der Waals surface area (Å²) >= 11 is 0. The van der Waals surface area contributed by atoms with Gasteiger partial charge in [0.1, 0.15) is 11.5 Å². The number of carbonyl (C=O) groups is 2. The van der Waals surface area contributed by atoms with Crippen molar-refractivity contribution in [2.24, 2.45) is 4.99 Å². The van der Waals surface area contributed by atoms with Crippen LogP contribution in [-0.4, -0.2) is 37.5 Å². The van der Waals surface area contributed by atoms with Crippen molar-refractivity contribution in [1.82, 2.24) is 0 Å². The van der Waals surface area contributed by atoms with Gasteiger partial charge in [0.2, 0.25) is 0 Å². The van der Waals surface area contributed by atoms with E-state index >= 15 is 0 Å². The molecule has 4 rings (SSSR count). The molecular formula is C30H30N2O5. The summed E-state index contributed by atoms with van der Waals surface area (Å²) in [5.41, 5.74) is 3.98. The number of aliphatic imine (C=N–C) groups is 1. The molecule has 0 atom stereocenters. The fourth-order valence-electron chi connectivity index (χ4n) is 3.93. The molecule has 0 unspecified atom stereocenters. The molecule has 1 heterocycles. The number of esters is 1. The molecular weight excluding hydrogens is 468 g/mol. The summed E-state index contributed by atoms with van der Waals surface area (Å²) in [7, 11) is 0. The number of amides is 1. The highest BCUT2D eigenvalue weighted by atomic mass is 16.5. The Morgan fingerprint density at radius 2 is 1.54 bits per heavy atom. The molecule has 1 aliphatic heterocycles. The average Bonchev–Trinajstić information content (AvgIpc) is 3.22. The van der Waals surface area contributed by atoms with Gasteiger partial charge in [-0.3, -0.25) is 9.69 Å². The first-order valence-corrected chi connectivity index (χ1v) is 12.3. The maximum Gasteiger partial charge on any atom is 0.338 e. The number of carbonyl (C=O) groups excluding carboxylic acids is 2. The Hall–Kier alpha value is -4.39. The minimum atomic E-state index is -0.407. The van der Waals surface area contributed by atoms with E-state index in [1.54, 1.807) is 42.2 Å². The van der Waals surface area contributed by atoms with Crippen LogP contribution in [0.2, 0.25) is 0 Å². The number of nitrogens with zero attached hydrogens (tertiary/aromatic N) is 2. The van der Waals surface area contributed by atoms with E-state index < -0.39 is 5.97 Å². The van der Waals surface area contributed by atoms with E-state index in [1.807, 2.05) is 63.2 Å². The molecule has 0 fully saturated rings. The van der Waals surface area contributed by atoms with E-state index in [-0.39, 0.29) is 11.6 Å². The van der Waals surface area contributed by atoms with Crippen LogP contribution in [0.5, 0.6) is 11.5 Å². The molecule has 7 heteroatoms. The van der Waals surface area contributed by atoms with E-state index in [0.29, 0.717) is 48.4 Å². The SMILES string of the molecule is CCOC(=O)c1ccc(N2C(=O)/C(=C\c3ccc(OCC)c(OCC)c3)N=C2c2ccc(C)cc2)cc1. The van der Waals surface area contributed by atoms with Gasteiger partial charge >= 0.3 is 5.97 Å². The fraction of sp³-hybridized carbons (Fsp3) is 0.233. The number of ether oxygens (including phenoxy) is 3. The second kappa shape index (κ2) is 11.6. The van der Waals surface area contributed by atoms with Crippen LogP contribution >= 0.6 is 0 Å². The van der Waals surface area contributed by atoms with Crippen molar-refractivity contribution in [1.29, 1.82) is 0 Å². The summed E-state index contributed by atoms with van der Waals surface area (Å²) in [6.07, 6.45) is 1.74. The average molecular weight is 499 g/mol. The molecule has 0 radical (unpaired) electrons. The molecule has 0 aliphatic carbocycles. The molecule has 1 amide bonds. The largest absolute Gasteiger partial charge is 0.490 e. The van der Waals surface area contributed by atoms with Crippen LogP contribution < -0.4 is 14.4 Å². The number of rotatable bonds is 9. The summed E-state index contributed by atoms with van der Waals surface area (Å²) in [5.74, 6) is 1.09. The number of hydrogen-bond acceptors (Lipinski definition) is 6. The van der Waals surface area contributed by atoms with Gasteiger partial charge in [0, 0.05) is 5.56 Å². The maximum atomic E-state index is 13.7. The second-order valence-electron chi connectivity index (χ2n) is 8.31. The summed E-state index contributed by atoms with van der Waals surface area (Å²) in [5, 5.41) is 0. The van der Waals surface area contributed by atoms with Crippen LogP contribution in [0.4, 0.5) is 5.69 Å². The minimum Gasteiger partial charge on any atom is -0.490 e. The Morgan fingerprint density at radius 3 is 2.19 bits per heavy atom. The quantitative estimate of drug-likeness (QED) is 0.275. The lowest BCUT2D eigenvalue weighted by atomic mass is 10.1. The van der Waals surface area contributed by atoms with Crippen LogP contribution in [0.15, 0.2) is 77.4 Å². The zero-order valence-electron chi connectivity index (χ0n) is 21.5. The Labute approximate surface area is 217 Å².